The van der Waals surface area contributed by atoms with E-state index in [4.69, 9.17) is 5.11 Å². The first-order valence-corrected chi connectivity index (χ1v) is 4.86. The highest BCUT2D eigenvalue weighted by Crippen LogP contribution is 2.19. The summed E-state index contributed by atoms with van der Waals surface area (Å²) >= 11 is 1.24. The van der Waals surface area contributed by atoms with Crippen molar-refractivity contribution in [1.82, 2.24) is 0 Å². The molecule has 0 aliphatic heterocycles. The molecule has 0 saturated heterocycles. The van der Waals surface area contributed by atoms with Gasteiger partial charge in [0.05, 0.1) is 5.75 Å². The number of amides is 1. The third kappa shape index (κ3) is 3.49. The molecule has 0 unspecified atom stereocenters. The van der Waals surface area contributed by atoms with Gasteiger partial charge < -0.3 is 10.4 Å². The lowest BCUT2D eigenvalue weighted by Gasteiger charge is -2.00. The molecule has 5 heteroatoms. The molecule has 0 heterocycles. The van der Waals surface area contributed by atoms with Gasteiger partial charge in [-0.05, 0) is 24.3 Å². The molecule has 4 nitrogen and oxygen atoms in total. The largest absolute Gasteiger partial charge is 0.481 e. The van der Waals surface area contributed by atoms with Crippen LogP contribution in [0.2, 0.25) is 0 Å². The van der Waals surface area contributed by atoms with E-state index >= 15 is 0 Å². The number of nitrogens with one attached hydrogen (secondary N) is 1. The van der Waals surface area contributed by atoms with Gasteiger partial charge in [0.1, 0.15) is 0 Å². The van der Waals surface area contributed by atoms with Crippen LogP contribution in [0.4, 0.5) is 5.69 Å². The fourth-order valence-electron chi connectivity index (χ4n) is 0.860. The maximum atomic E-state index is 10.3. The summed E-state index contributed by atoms with van der Waals surface area (Å²) in [4.78, 5) is 21.2. The summed E-state index contributed by atoms with van der Waals surface area (Å²) in [5.41, 5.74) is 0.694. The van der Waals surface area contributed by atoms with E-state index in [9.17, 15) is 9.59 Å². The minimum atomic E-state index is -0.843. The first-order chi connectivity index (χ1) is 6.72. The predicted molar refractivity (Wildman–Crippen MR) is 54.5 cm³/mol. The van der Waals surface area contributed by atoms with Gasteiger partial charge >= 0.3 is 5.97 Å². The van der Waals surface area contributed by atoms with E-state index in [1.54, 1.807) is 24.3 Å². The van der Waals surface area contributed by atoms with Crippen molar-refractivity contribution in [2.45, 2.75) is 4.90 Å². The van der Waals surface area contributed by atoms with Gasteiger partial charge in [-0.1, -0.05) is 0 Å². The molecular formula is C9H9NO3S. The van der Waals surface area contributed by atoms with Gasteiger partial charge in [-0.3, -0.25) is 9.59 Å². The lowest BCUT2D eigenvalue weighted by molar-refractivity contribution is -0.133. The van der Waals surface area contributed by atoms with Gasteiger partial charge in [0.15, 0.2) is 0 Å². The van der Waals surface area contributed by atoms with Crippen molar-refractivity contribution in [3.05, 3.63) is 24.3 Å². The predicted octanol–water partition coefficient (Wildman–Crippen LogP) is 1.43. The van der Waals surface area contributed by atoms with Gasteiger partial charge in [-0.2, -0.15) is 0 Å². The number of anilines is 1. The van der Waals surface area contributed by atoms with E-state index in [2.05, 4.69) is 5.32 Å². The maximum Gasteiger partial charge on any atom is 0.313 e. The minimum Gasteiger partial charge on any atom is -0.481 e. The first-order valence-electron chi connectivity index (χ1n) is 3.87. The average molecular weight is 211 g/mol. The molecule has 0 aromatic heterocycles. The first kappa shape index (κ1) is 10.6. The second-order valence-electron chi connectivity index (χ2n) is 2.47. The van der Waals surface area contributed by atoms with Gasteiger partial charge in [0.25, 0.3) is 0 Å². The second-order valence-corrected chi connectivity index (χ2v) is 3.52. The smallest absolute Gasteiger partial charge is 0.313 e. The molecule has 2 N–H and O–H groups in total. The lowest BCUT2D eigenvalue weighted by atomic mass is 10.3. The highest BCUT2D eigenvalue weighted by molar-refractivity contribution is 8.00. The van der Waals surface area contributed by atoms with Crippen molar-refractivity contribution in [3.8, 4) is 0 Å². The van der Waals surface area contributed by atoms with Gasteiger partial charge in [0.2, 0.25) is 6.41 Å². The summed E-state index contributed by atoms with van der Waals surface area (Å²) in [5, 5.41) is 10.9. The van der Waals surface area contributed by atoms with Crippen LogP contribution in [-0.4, -0.2) is 23.2 Å². The molecule has 14 heavy (non-hydrogen) atoms. The molecule has 0 spiro atoms. The van der Waals surface area contributed by atoms with Crippen LogP contribution in [0.15, 0.2) is 29.2 Å². The van der Waals surface area contributed by atoms with Crippen LogP contribution in [0.1, 0.15) is 0 Å². The van der Waals surface area contributed by atoms with Gasteiger partial charge in [-0.25, -0.2) is 0 Å². The van der Waals surface area contributed by atoms with E-state index < -0.39 is 5.97 Å². The van der Waals surface area contributed by atoms with E-state index in [0.29, 0.717) is 12.1 Å². The molecule has 0 bridgehead atoms. The molecule has 1 amide bonds. The molecule has 0 aliphatic rings. The Kier molecular flexibility index (Phi) is 4.00. The Balaban J connectivity index is 2.54. The monoisotopic (exact) mass is 211 g/mol. The Morgan fingerprint density at radius 3 is 2.57 bits per heavy atom. The van der Waals surface area contributed by atoms with Crippen molar-refractivity contribution in [3.63, 3.8) is 0 Å². The number of thioether (sulfide) groups is 1. The highest BCUT2D eigenvalue weighted by atomic mass is 32.2. The summed E-state index contributed by atoms with van der Waals surface area (Å²) in [6, 6.07) is 6.97. The Labute approximate surface area is 85.3 Å². The van der Waals surface area contributed by atoms with Crippen molar-refractivity contribution in [1.29, 1.82) is 0 Å². The van der Waals surface area contributed by atoms with Crippen LogP contribution in [0.25, 0.3) is 0 Å². The Bertz CT molecular complexity index is 323. The van der Waals surface area contributed by atoms with E-state index in [0.717, 1.165) is 4.90 Å². The highest BCUT2D eigenvalue weighted by Gasteiger charge is 1.99. The second kappa shape index (κ2) is 5.29. The maximum absolute atomic E-state index is 10.3. The molecule has 0 fully saturated rings. The summed E-state index contributed by atoms with van der Waals surface area (Å²) in [6.45, 7) is 0. The molecule has 0 aliphatic carbocycles. The third-order valence-corrected chi connectivity index (χ3v) is 2.44. The average Bonchev–Trinajstić information content (AvgIpc) is 2.17. The standard InChI is InChI=1S/C9H9NO3S/c11-6-10-7-1-3-8(4-2-7)14-5-9(12)13/h1-4,6H,5H2,(H,10,11)(H,12,13). The molecule has 0 saturated carbocycles. The Morgan fingerprint density at radius 1 is 1.43 bits per heavy atom. The zero-order chi connectivity index (χ0) is 10.4. The van der Waals surface area contributed by atoms with E-state index in [1.807, 2.05) is 0 Å². The fourth-order valence-corrected chi connectivity index (χ4v) is 1.48. The van der Waals surface area contributed by atoms with Crippen molar-refractivity contribution >= 4 is 29.8 Å². The molecule has 1 aromatic rings. The van der Waals surface area contributed by atoms with Crippen LogP contribution in [0.3, 0.4) is 0 Å². The van der Waals surface area contributed by atoms with Crippen LogP contribution >= 0.6 is 11.8 Å². The zero-order valence-corrected chi connectivity index (χ0v) is 8.08. The van der Waals surface area contributed by atoms with Crippen LogP contribution in [-0.2, 0) is 9.59 Å². The summed E-state index contributed by atoms with van der Waals surface area (Å²) in [7, 11) is 0. The number of aliphatic carboxylic acids is 1. The van der Waals surface area contributed by atoms with Crippen LogP contribution in [0, 0.1) is 0 Å². The molecule has 0 atom stereocenters. The van der Waals surface area contributed by atoms with Crippen molar-refractivity contribution in [2.24, 2.45) is 0 Å². The summed E-state index contributed by atoms with van der Waals surface area (Å²) in [6.07, 6.45) is 0.597. The molecule has 1 aromatic carbocycles. The van der Waals surface area contributed by atoms with Crippen molar-refractivity contribution in [2.75, 3.05) is 11.1 Å². The number of carbonyl (C=O) groups is 2. The van der Waals surface area contributed by atoms with E-state index in [-0.39, 0.29) is 5.75 Å². The van der Waals surface area contributed by atoms with Gasteiger partial charge in [-0.15, -0.1) is 11.8 Å². The third-order valence-electron chi connectivity index (χ3n) is 1.44. The quantitative estimate of drug-likeness (QED) is 0.571. The molecule has 1 rings (SSSR count). The molecular weight excluding hydrogens is 202 g/mol. The topological polar surface area (TPSA) is 66.4 Å². The fraction of sp³-hybridized carbons (Fsp3) is 0.111. The van der Waals surface area contributed by atoms with Crippen molar-refractivity contribution < 1.29 is 14.7 Å². The summed E-state index contributed by atoms with van der Waals surface area (Å²) < 4.78 is 0. The number of carboxylic acid groups (broad SMARTS) is 1. The number of hydrogen-bond acceptors (Lipinski definition) is 3. The normalized spacial score (nSPS) is 9.43. The summed E-state index contributed by atoms with van der Waals surface area (Å²) in [5.74, 6) is -0.800. The van der Waals surface area contributed by atoms with Crippen LogP contribution in [0.5, 0.6) is 0 Å². The molecule has 0 radical (unpaired) electrons. The van der Waals surface area contributed by atoms with Crippen LogP contribution < -0.4 is 5.32 Å². The number of carboxylic acids is 1. The zero-order valence-electron chi connectivity index (χ0n) is 7.27. The number of benzene rings is 1. The Hall–Kier alpha value is -1.49. The SMILES string of the molecule is O=CNc1ccc(SCC(=O)O)cc1. The van der Waals surface area contributed by atoms with E-state index in [1.165, 1.54) is 11.8 Å². The van der Waals surface area contributed by atoms with Gasteiger partial charge in [0, 0.05) is 10.6 Å². The number of hydrogen-bond donors (Lipinski definition) is 2. The molecule has 74 valence electrons. The minimum absolute atomic E-state index is 0.0421. The number of rotatable bonds is 5. The Morgan fingerprint density at radius 2 is 2.07 bits per heavy atom. The number of carbonyl (C=O) groups excluding carboxylic acids is 1. The lowest BCUT2D eigenvalue weighted by Crippen LogP contribution is -1.97.